The van der Waals surface area contributed by atoms with E-state index in [1.165, 1.54) is 0 Å². The van der Waals surface area contributed by atoms with Crippen LogP contribution in [0.25, 0.3) is 0 Å². The van der Waals surface area contributed by atoms with Gasteiger partial charge in [0.1, 0.15) is 24.4 Å². The van der Waals surface area contributed by atoms with Gasteiger partial charge in [-0.25, -0.2) is 13.6 Å². The summed E-state index contributed by atoms with van der Waals surface area (Å²) in [6.07, 6.45) is -8.36. The lowest BCUT2D eigenvalue weighted by Gasteiger charge is -2.45. The van der Waals surface area contributed by atoms with E-state index in [0.717, 1.165) is 6.92 Å². The summed E-state index contributed by atoms with van der Waals surface area (Å²) in [7, 11) is 0. The fraction of sp³-hybridized carbons (Fsp3) is 0.833. The normalized spacial score (nSPS) is 33.1. The van der Waals surface area contributed by atoms with Gasteiger partial charge >= 0.3 is 5.97 Å². The van der Waals surface area contributed by atoms with Crippen LogP contribution in [0.5, 0.6) is 0 Å². The summed E-state index contributed by atoms with van der Waals surface area (Å²) in [6, 6.07) is -3.33. The van der Waals surface area contributed by atoms with Crippen LogP contribution < -0.4 is 11.1 Å². The Morgan fingerprint density at radius 2 is 1.91 bits per heavy atom. The van der Waals surface area contributed by atoms with Crippen molar-refractivity contribution in [1.82, 2.24) is 5.32 Å². The molecule has 11 heteroatoms. The Hall–Kier alpha value is -1.40. The number of aliphatic carboxylic acids is 1. The van der Waals surface area contributed by atoms with E-state index in [4.69, 9.17) is 14.9 Å². The summed E-state index contributed by atoms with van der Waals surface area (Å²) >= 11 is 0. The van der Waals surface area contributed by atoms with Crippen molar-refractivity contribution in [2.75, 3.05) is 6.61 Å². The minimum Gasteiger partial charge on any atom is -0.477 e. The van der Waals surface area contributed by atoms with Crippen molar-refractivity contribution < 1.29 is 49.3 Å². The molecule has 1 saturated heterocycles. The Morgan fingerprint density at radius 3 is 2.35 bits per heavy atom. The average Bonchev–Trinajstić information content (AvgIpc) is 2.43. The van der Waals surface area contributed by atoms with Gasteiger partial charge < -0.3 is 36.2 Å². The Bertz CT molecular complexity index is 451. The van der Waals surface area contributed by atoms with Gasteiger partial charge in [0.15, 0.2) is 6.04 Å². The van der Waals surface area contributed by atoms with Crippen LogP contribution in [-0.4, -0.2) is 81.3 Å². The van der Waals surface area contributed by atoms with Crippen LogP contribution in [0.3, 0.4) is 0 Å². The summed E-state index contributed by atoms with van der Waals surface area (Å²) < 4.78 is 33.7. The molecule has 6 atom stereocenters. The maximum atomic E-state index is 14.4. The summed E-state index contributed by atoms with van der Waals surface area (Å²) in [5.74, 6) is -6.08. The van der Waals surface area contributed by atoms with Crippen molar-refractivity contribution in [1.29, 1.82) is 0 Å². The lowest BCUT2D eigenvalue weighted by atomic mass is 9.87. The molecule has 1 heterocycles. The van der Waals surface area contributed by atoms with Gasteiger partial charge in [0.2, 0.25) is 5.91 Å². The lowest BCUT2D eigenvalue weighted by Crippen LogP contribution is -2.71. The van der Waals surface area contributed by atoms with Crippen LogP contribution in [0.15, 0.2) is 0 Å². The van der Waals surface area contributed by atoms with Crippen molar-refractivity contribution >= 4 is 11.9 Å². The summed E-state index contributed by atoms with van der Waals surface area (Å²) in [5, 5.41) is 39.5. The number of quaternary nitrogens is 1. The van der Waals surface area contributed by atoms with E-state index >= 15 is 0 Å². The number of carboxylic acids is 1. The molecule has 0 aromatic carbocycles. The average molecular weight is 343 g/mol. The predicted octanol–water partition coefficient (Wildman–Crippen LogP) is -3.31. The SMILES string of the molecule is CC(=O)N[C@@H]1[C@@H](O)[C@@H](O)[C@@H](CO)O[C@@H]1C(F)(F)CC([NH3+])C(=O)O. The van der Waals surface area contributed by atoms with Gasteiger partial charge in [-0.15, -0.1) is 0 Å². The second-order valence-electron chi connectivity index (χ2n) is 5.49. The van der Waals surface area contributed by atoms with Crippen molar-refractivity contribution in [3.05, 3.63) is 0 Å². The second kappa shape index (κ2) is 7.45. The van der Waals surface area contributed by atoms with Crippen LogP contribution in [0.4, 0.5) is 8.78 Å². The number of rotatable bonds is 6. The van der Waals surface area contributed by atoms with Crippen LogP contribution >= 0.6 is 0 Å². The Labute approximate surface area is 130 Å². The number of nitrogens with one attached hydrogen (secondary N) is 1. The molecule has 1 fully saturated rings. The van der Waals surface area contributed by atoms with Gasteiger partial charge in [0.05, 0.1) is 19.1 Å². The van der Waals surface area contributed by atoms with Gasteiger partial charge in [-0.1, -0.05) is 0 Å². The molecule has 1 unspecified atom stereocenters. The smallest absolute Gasteiger partial charge is 0.362 e. The molecule has 8 N–H and O–H groups in total. The van der Waals surface area contributed by atoms with Crippen molar-refractivity contribution in [3.63, 3.8) is 0 Å². The van der Waals surface area contributed by atoms with E-state index in [2.05, 4.69) is 11.1 Å². The molecular formula is C12H21F2N2O7+. The van der Waals surface area contributed by atoms with Crippen LogP contribution in [0.2, 0.25) is 0 Å². The highest BCUT2D eigenvalue weighted by atomic mass is 19.3. The van der Waals surface area contributed by atoms with E-state index in [0.29, 0.717) is 0 Å². The number of amides is 1. The van der Waals surface area contributed by atoms with Gasteiger partial charge in [-0.3, -0.25) is 4.79 Å². The number of alkyl halides is 2. The molecule has 1 amide bonds. The number of aliphatic hydroxyl groups is 3. The fourth-order valence-electron chi connectivity index (χ4n) is 2.41. The highest BCUT2D eigenvalue weighted by Crippen LogP contribution is 2.34. The number of hydrogen-bond acceptors (Lipinski definition) is 6. The molecule has 1 rings (SSSR count). The molecule has 1 aliphatic heterocycles. The van der Waals surface area contributed by atoms with Gasteiger partial charge in [-0.2, -0.15) is 0 Å². The molecule has 0 aliphatic carbocycles. The zero-order chi connectivity index (χ0) is 17.9. The van der Waals surface area contributed by atoms with Crippen LogP contribution in [0, 0.1) is 0 Å². The molecule has 0 aromatic rings. The molecule has 0 bridgehead atoms. The molecule has 9 nitrogen and oxygen atoms in total. The second-order valence-corrected chi connectivity index (χ2v) is 5.49. The van der Waals surface area contributed by atoms with Crippen molar-refractivity contribution in [3.8, 4) is 0 Å². The van der Waals surface area contributed by atoms with E-state index in [1.807, 2.05) is 0 Å². The van der Waals surface area contributed by atoms with Gasteiger partial charge in [0.25, 0.3) is 5.92 Å². The number of ether oxygens (including phenoxy) is 1. The quantitative estimate of drug-likeness (QED) is 0.294. The van der Waals surface area contributed by atoms with Crippen LogP contribution in [-0.2, 0) is 14.3 Å². The van der Waals surface area contributed by atoms with Crippen LogP contribution in [0.1, 0.15) is 13.3 Å². The molecule has 0 aromatic heterocycles. The number of carbonyl (C=O) groups excluding carboxylic acids is 1. The largest absolute Gasteiger partial charge is 0.477 e. The lowest BCUT2D eigenvalue weighted by molar-refractivity contribution is -0.419. The summed E-state index contributed by atoms with van der Waals surface area (Å²) in [4.78, 5) is 21.9. The Morgan fingerprint density at radius 1 is 1.35 bits per heavy atom. The molecular weight excluding hydrogens is 322 g/mol. The summed E-state index contributed by atoms with van der Waals surface area (Å²) in [6.45, 7) is 0.179. The van der Waals surface area contributed by atoms with Gasteiger partial charge in [-0.05, 0) is 0 Å². The molecule has 1 aliphatic rings. The van der Waals surface area contributed by atoms with Crippen molar-refractivity contribution in [2.45, 2.75) is 55.8 Å². The number of aliphatic hydroxyl groups excluding tert-OH is 3. The third kappa shape index (κ3) is 4.54. The minimum absolute atomic E-state index is 0.752. The number of carboxylic acid groups (broad SMARTS) is 1. The van der Waals surface area contributed by atoms with E-state index in [-0.39, 0.29) is 0 Å². The topological polar surface area (TPSA) is 164 Å². The standard InChI is InChI=1S/C12H20F2N2O7/c1-4(18)16-7-9(20)8(19)6(3-17)23-10(7)12(13,14)2-5(15)11(21)22/h5-10,17,19-20H,2-3,15H2,1H3,(H,16,18)(H,21,22)/p+1/t5?,6-,7-,8+,9-,10+/m1/s1. The Kier molecular flexibility index (Phi) is 6.36. The van der Waals surface area contributed by atoms with Gasteiger partial charge in [0, 0.05) is 6.92 Å². The van der Waals surface area contributed by atoms with E-state index in [1.54, 1.807) is 0 Å². The zero-order valence-corrected chi connectivity index (χ0v) is 12.4. The van der Waals surface area contributed by atoms with E-state index < -0.39 is 67.3 Å². The number of carbonyl (C=O) groups is 2. The predicted molar refractivity (Wildman–Crippen MR) is 69.2 cm³/mol. The summed E-state index contributed by atoms with van der Waals surface area (Å²) in [5.41, 5.74) is 3.09. The third-order valence-electron chi connectivity index (χ3n) is 3.58. The number of halogens is 2. The molecule has 0 saturated carbocycles. The molecule has 0 spiro atoms. The first-order valence-corrected chi connectivity index (χ1v) is 6.84. The monoisotopic (exact) mass is 343 g/mol. The number of hydrogen-bond donors (Lipinski definition) is 6. The maximum absolute atomic E-state index is 14.4. The molecule has 0 radical (unpaired) electrons. The fourth-order valence-corrected chi connectivity index (χ4v) is 2.41. The molecule has 134 valence electrons. The zero-order valence-electron chi connectivity index (χ0n) is 12.4. The molecule has 23 heavy (non-hydrogen) atoms. The van der Waals surface area contributed by atoms with E-state index in [9.17, 15) is 28.6 Å². The highest BCUT2D eigenvalue weighted by Gasteiger charge is 2.56. The maximum Gasteiger partial charge on any atom is 0.362 e. The minimum atomic E-state index is -3.79. The highest BCUT2D eigenvalue weighted by molar-refractivity contribution is 5.73. The van der Waals surface area contributed by atoms with Crippen molar-refractivity contribution in [2.24, 2.45) is 0 Å². The Balaban J connectivity index is 3.08. The third-order valence-corrected chi connectivity index (χ3v) is 3.58. The first-order valence-electron chi connectivity index (χ1n) is 6.84. The first kappa shape index (κ1) is 19.6. The first-order chi connectivity index (χ1) is 10.5.